The van der Waals surface area contributed by atoms with E-state index in [2.05, 4.69) is 17.4 Å². The summed E-state index contributed by atoms with van der Waals surface area (Å²) in [6.07, 6.45) is 1.63. The second kappa shape index (κ2) is 9.03. The van der Waals surface area contributed by atoms with Gasteiger partial charge < -0.3 is 4.90 Å². The number of benzene rings is 2. The first kappa shape index (κ1) is 22.3. The van der Waals surface area contributed by atoms with Gasteiger partial charge in [-0.1, -0.05) is 18.2 Å². The molecule has 0 spiro atoms. The van der Waals surface area contributed by atoms with Crippen LogP contribution in [0.15, 0.2) is 66.1 Å². The second-order valence-electron chi connectivity index (χ2n) is 7.66. The number of nitrogens with one attached hydrogen (secondary N) is 1. The zero-order chi connectivity index (χ0) is 21.7. The summed E-state index contributed by atoms with van der Waals surface area (Å²) in [5, 5.41) is 8.90. The SMILES string of the molecule is C=CCN(Cc1ccc(C#N)cc1)C(=O)c1ccc(S(=O)(=O)NC(C)(C)C)cc1. The average Bonchev–Trinajstić information content (AvgIpc) is 2.66. The summed E-state index contributed by atoms with van der Waals surface area (Å²) in [6, 6.07) is 14.9. The number of rotatable bonds is 7. The molecule has 29 heavy (non-hydrogen) atoms. The third-order valence-electron chi connectivity index (χ3n) is 3.95. The van der Waals surface area contributed by atoms with Crippen LogP contribution in [0.1, 0.15) is 42.3 Å². The van der Waals surface area contributed by atoms with Gasteiger partial charge >= 0.3 is 0 Å². The molecule has 0 atom stereocenters. The predicted octanol–water partition coefficient (Wildman–Crippen LogP) is 3.46. The quantitative estimate of drug-likeness (QED) is 0.707. The highest BCUT2D eigenvalue weighted by Gasteiger charge is 2.23. The van der Waals surface area contributed by atoms with Crippen LogP contribution in [-0.4, -0.2) is 31.3 Å². The van der Waals surface area contributed by atoms with E-state index in [-0.39, 0.29) is 10.8 Å². The summed E-state index contributed by atoms with van der Waals surface area (Å²) in [6.45, 7) is 9.68. The van der Waals surface area contributed by atoms with E-state index >= 15 is 0 Å². The summed E-state index contributed by atoms with van der Waals surface area (Å²) in [7, 11) is -3.66. The lowest BCUT2D eigenvalue weighted by molar-refractivity contribution is 0.0762. The lowest BCUT2D eigenvalue weighted by Gasteiger charge is -2.22. The first-order valence-electron chi connectivity index (χ1n) is 9.09. The van der Waals surface area contributed by atoms with Gasteiger partial charge in [-0.05, 0) is 62.7 Å². The Kier molecular flexibility index (Phi) is 6.96. The average molecular weight is 412 g/mol. The van der Waals surface area contributed by atoms with Gasteiger partial charge in [0.05, 0.1) is 16.5 Å². The number of nitrogens with zero attached hydrogens (tertiary/aromatic N) is 2. The molecule has 2 rings (SSSR count). The fourth-order valence-corrected chi connectivity index (χ4v) is 4.12. The van der Waals surface area contributed by atoms with Crippen molar-refractivity contribution in [1.82, 2.24) is 9.62 Å². The van der Waals surface area contributed by atoms with Gasteiger partial charge in [0.1, 0.15) is 0 Å². The fraction of sp³-hybridized carbons (Fsp3) is 0.273. The van der Waals surface area contributed by atoms with Gasteiger partial charge in [-0.3, -0.25) is 4.79 Å². The highest BCUT2D eigenvalue weighted by molar-refractivity contribution is 7.89. The molecule has 0 heterocycles. The molecule has 2 aromatic carbocycles. The van der Waals surface area contributed by atoms with Crippen LogP contribution in [0.4, 0.5) is 0 Å². The van der Waals surface area contributed by atoms with Crippen molar-refractivity contribution in [1.29, 1.82) is 5.26 Å². The van der Waals surface area contributed by atoms with Gasteiger partial charge in [-0.25, -0.2) is 13.1 Å². The maximum Gasteiger partial charge on any atom is 0.254 e. The van der Waals surface area contributed by atoms with Crippen LogP contribution < -0.4 is 4.72 Å². The minimum absolute atomic E-state index is 0.103. The zero-order valence-corrected chi connectivity index (χ0v) is 17.7. The van der Waals surface area contributed by atoms with Crippen LogP contribution in [0.3, 0.4) is 0 Å². The number of sulfonamides is 1. The van der Waals surface area contributed by atoms with E-state index < -0.39 is 15.6 Å². The van der Waals surface area contributed by atoms with Crippen LogP contribution in [0.5, 0.6) is 0 Å². The van der Waals surface area contributed by atoms with Crippen LogP contribution in [0.25, 0.3) is 0 Å². The van der Waals surface area contributed by atoms with Gasteiger partial charge in [-0.15, -0.1) is 6.58 Å². The Balaban J connectivity index is 2.21. The van der Waals surface area contributed by atoms with Crippen molar-refractivity contribution in [2.24, 2.45) is 0 Å². The maximum atomic E-state index is 12.9. The van der Waals surface area contributed by atoms with Crippen LogP contribution >= 0.6 is 0 Å². The Morgan fingerprint density at radius 1 is 1.14 bits per heavy atom. The number of carbonyl (C=O) groups excluding carboxylic acids is 1. The molecule has 0 unspecified atom stereocenters. The van der Waals surface area contributed by atoms with Crippen molar-refractivity contribution in [2.45, 2.75) is 37.8 Å². The molecule has 0 bridgehead atoms. The van der Waals surface area contributed by atoms with Crippen molar-refractivity contribution < 1.29 is 13.2 Å². The fourth-order valence-electron chi connectivity index (χ4n) is 2.70. The van der Waals surface area contributed by atoms with Crippen molar-refractivity contribution in [3.05, 3.63) is 77.9 Å². The van der Waals surface area contributed by atoms with Crippen molar-refractivity contribution in [3.8, 4) is 6.07 Å². The van der Waals surface area contributed by atoms with Crippen LogP contribution in [0.2, 0.25) is 0 Å². The Morgan fingerprint density at radius 2 is 1.72 bits per heavy atom. The Bertz CT molecular complexity index is 1010. The highest BCUT2D eigenvalue weighted by atomic mass is 32.2. The van der Waals surface area contributed by atoms with Crippen molar-refractivity contribution >= 4 is 15.9 Å². The topological polar surface area (TPSA) is 90.3 Å². The number of hydrogen-bond acceptors (Lipinski definition) is 4. The Hall–Kier alpha value is -2.95. The number of amides is 1. The van der Waals surface area contributed by atoms with Crippen LogP contribution in [-0.2, 0) is 16.6 Å². The molecular formula is C22H25N3O3S. The second-order valence-corrected chi connectivity index (χ2v) is 9.35. The molecule has 0 fully saturated rings. The van der Waals surface area contributed by atoms with Gasteiger partial charge in [0, 0.05) is 24.2 Å². The Labute approximate surface area is 172 Å². The van der Waals surface area contributed by atoms with E-state index in [1.54, 1.807) is 56.0 Å². The summed E-state index contributed by atoms with van der Waals surface area (Å²) < 4.78 is 27.4. The minimum atomic E-state index is -3.66. The van der Waals surface area contributed by atoms with Crippen molar-refractivity contribution in [3.63, 3.8) is 0 Å². The standard InChI is InChI=1S/C22H25N3O3S/c1-5-14-25(16-18-8-6-17(15-23)7-9-18)21(26)19-10-12-20(13-11-19)29(27,28)24-22(2,3)4/h5-13,24H,1,14,16H2,2-4H3. The number of hydrogen-bond donors (Lipinski definition) is 1. The third kappa shape index (κ3) is 6.28. The van der Waals surface area contributed by atoms with Gasteiger partial charge in [0.15, 0.2) is 0 Å². The normalized spacial score (nSPS) is 11.5. The van der Waals surface area contributed by atoms with E-state index in [1.165, 1.54) is 24.3 Å². The molecular weight excluding hydrogens is 386 g/mol. The molecule has 0 aliphatic rings. The molecule has 6 nitrogen and oxygen atoms in total. The molecule has 1 N–H and O–H groups in total. The smallest absolute Gasteiger partial charge is 0.254 e. The van der Waals surface area contributed by atoms with Gasteiger partial charge in [0.25, 0.3) is 5.91 Å². The summed E-state index contributed by atoms with van der Waals surface area (Å²) in [5.41, 5.74) is 1.22. The van der Waals surface area contributed by atoms with E-state index in [4.69, 9.17) is 5.26 Å². The molecule has 2 aromatic rings. The molecule has 0 radical (unpaired) electrons. The molecule has 0 aliphatic carbocycles. The minimum Gasteiger partial charge on any atom is -0.331 e. The maximum absolute atomic E-state index is 12.9. The van der Waals surface area contributed by atoms with Gasteiger partial charge in [-0.2, -0.15) is 5.26 Å². The molecule has 0 aliphatic heterocycles. The molecule has 152 valence electrons. The monoisotopic (exact) mass is 411 g/mol. The summed E-state index contributed by atoms with van der Waals surface area (Å²) in [4.78, 5) is 14.6. The number of nitriles is 1. The van der Waals surface area contributed by atoms with E-state index in [9.17, 15) is 13.2 Å². The first-order valence-corrected chi connectivity index (χ1v) is 10.6. The van der Waals surface area contributed by atoms with E-state index in [1.807, 2.05) is 0 Å². The molecule has 0 aromatic heterocycles. The molecule has 7 heteroatoms. The Morgan fingerprint density at radius 3 is 2.21 bits per heavy atom. The molecule has 0 saturated carbocycles. The number of carbonyl (C=O) groups is 1. The van der Waals surface area contributed by atoms with Crippen LogP contribution in [0, 0.1) is 11.3 Å². The summed E-state index contributed by atoms with van der Waals surface area (Å²) in [5.74, 6) is -0.234. The lowest BCUT2D eigenvalue weighted by Crippen LogP contribution is -2.40. The largest absolute Gasteiger partial charge is 0.331 e. The predicted molar refractivity (Wildman–Crippen MR) is 113 cm³/mol. The summed E-state index contributed by atoms with van der Waals surface area (Å²) >= 11 is 0. The lowest BCUT2D eigenvalue weighted by atomic mass is 10.1. The first-order chi connectivity index (χ1) is 13.6. The van der Waals surface area contributed by atoms with Gasteiger partial charge in [0.2, 0.25) is 10.0 Å². The van der Waals surface area contributed by atoms with E-state index in [0.29, 0.717) is 24.2 Å². The third-order valence-corrected chi connectivity index (χ3v) is 5.72. The molecule has 1 amide bonds. The van der Waals surface area contributed by atoms with Crippen molar-refractivity contribution in [2.75, 3.05) is 6.54 Å². The molecule has 0 saturated heterocycles. The zero-order valence-electron chi connectivity index (χ0n) is 16.8. The van der Waals surface area contributed by atoms with E-state index in [0.717, 1.165) is 5.56 Å². The highest BCUT2D eigenvalue weighted by Crippen LogP contribution is 2.16.